The largest absolute Gasteiger partial charge is 0.458 e. The van der Waals surface area contributed by atoms with Crippen LogP contribution in [-0.4, -0.2) is 6.54 Å². The molecule has 0 fully saturated rings. The van der Waals surface area contributed by atoms with Gasteiger partial charge in [-0.15, -0.1) is 0 Å². The average Bonchev–Trinajstić information content (AvgIpc) is 2.75. The Morgan fingerprint density at radius 3 is 2.82 bits per heavy atom. The number of hydrogen-bond donors (Lipinski definition) is 1. The smallest absolute Gasteiger partial charge is 0.154 e. The van der Waals surface area contributed by atoms with E-state index in [1.165, 1.54) is 0 Å². The number of benzene rings is 1. The number of fused-ring (bicyclic) bond motifs is 1. The lowest BCUT2D eigenvalue weighted by Crippen LogP contribution is -2.18. The summed E-state index contributed by atoms with van der Waals surface area (Å²) in [6.45, 7) is 5.17. The summed E-state index contributed by atoms with van der Waals surface area (Å²) in [5, 5.41) is 5.37. The summed E-state index contributed by atoms with van der Waals surface area (Å²) in [7, 11) is 0. The van der Waals surface area contributed by atoms with Crippen molar-refractivity contribution in [3.8, 4) is 0 Å². The van der Waals surface area contributed by atoms with Crippen LogP contribution in [0.1, 0.15) is 32.1 Å². The van der Waals surface area contributed by atoms with Gasteiger partial charge in [-0.25, -0.2) is 0 Å². The third-order valence-electron chi connectivity index (χ3n) is 2.73. The maximum absolute atomic E-state index is 6.10. The molecule has 1 heterocycles. The molecule has 0 saturated carbocycles. The Bertz CT molecular complexity index is 521. The predicted octanol–water partition coefficient (Wildman–Crippen LogP) is 4.80. The van der Waals surface area contributed by atoms with Crippen LogP contribution in [0, 0.1) is 0 Å². The van der Waals surface area contributed by atoms with E-state index in [1.54, 1.807) is 6.07 Å². The Morgan fingerprint density at radius 1 is 1.35 bits per heavy atom. The fourth-order valence-electron chi connectivity index (χ4n) is 1.74. The molecule has 2 rings (SSSR count). The molecule has 0 radical (unpaired) electrons. The van der Waals surface area contributed by atoms with Gasteiger partial charge in [0.05, 0.1) is 11.1 Å². The monoisotopic (exact) mass is 271 g/mol. The van der Waals surface area contributed by atoms with Crippen molar-refractivity contribution in [3.05, 3.63) is 34.0 Å². The van der Waals surface area contributed by atoms with Crippen molar-refractivity contribution < 1.29 is 4.42 Å². The lowest BCUT2D eigenvalue weighted by atomic mass is 10.2. The normalized spacial score (nSPS) is 13.2. The van der Waals surface area contributed by atoms with Gasteiger partial charge in [-0.3, -0.25) is 0 Å². The molecule has 2 aromatic rings. The minimum Gasteiger partial charge on any atom is -0.458 e. The molecule has 1 atom stereocenters. The molecule has 0 saturated heterocycles. The second kappa shape index (κ2) is 5.30. The second-order valence-corrected chi connectivity index (χ2v) is 4.89. The van der Waals surface area contributed by atoms with Crippen molar-refractivity contribution in [1.82, 2.24) is 5.32 Å². The molecule has 17 heavy (non-hydrogen) atoms. The molecule has 1 unspecified atom stereocenters. The molecular formula is C13H15Cl2NO. The molecule has 92 valence electrons. The van der Waals surface area contributed by atoms with Crippen molar-refractivity contribution in [3.63, 3.8) is 0 Å². The van der Waals surface area contributed by atoms with Crippen LogP contribution in [-0.2, 0) is 0 Å². The Labute approximate surface area is 111 Å². The zero-order valence-electron chi connectivity index (χ0n) is 9.89. The third kappa shape index (κ3) is 2.59. The highest BCUT2D eigenvalue weighted by molar-refractivity contribution is 6.44. The van der Waals surface area contributed by atoms with E-state index in [0.29, 0.717) is 15.6 Å². The van der Waals surface area contributed by atoms with Gasteiger partial charge in [-0.2, -0.15) is 0 Å². The van der Waals surface area contributed by atoms with Crippen LogP contribution in [0.25, 0.3) is 11.0 Å². The maximum atomic E-state index is 6.10. The Balaban J connectivity index is 2.34. The molecular weight excluding hydrogens is 257 g/mol. The van der Waals surface area contributed by atoms with Gasteiger partial charge in [-0.1, -0.05) is 30.1 Å². The van der Waals surface area contributed by atoms with E-state index in [9.17, 15) is 0 Å². The highest BCUT2D eigenvalue weighted by Gasteiger charge is 2.14. The van der Waals surface area contributed by atoms with Gasteiger partial charge in [0.25, 0.3) is 0 Å². The quantitative estimate of drug-likeness (QED) is 0.864. The number of furan rings is 1. The molecule has 1 N–H and O–H groups in total. The highest BCUT2D eigenvalue weighted by atomic mass is 35.5. The first-order valence-corrected chi connectivity index (χ1v) is 6.50. The standard InChI is InChI=1S/C13H15Cl2NO/c1-3-6-16-8(2)11-7-9-4-5-10(14)12(15)13(9)17-11/h4-5,7-8,16H,3,6H2,1-2H3. The number of hydrogen-bond acceptors (Lipinski definition) is 2. The van der Waals surface area contributed by atoms with Gasteiger partial charge >= 0.3 is 0 Å². The Morgan fingerprint density at radius 2 is 2.12 bits per heavy atom. The van der Waals surface area contributed by atoms with Gasteiger partial charge in [0.15, 0.2) is 5.58 Å². The van der Waals surface area contributed by atoms with Crippen LogP contribution < -0.4 is 5.32 Å². The van der Waals surface area contributed by atoms with Gasteiger partial charge in [-0.05, 0) is 38.1 Å². The molecule has 1 aromatic heterocycles. The summed E-state index contributed by atoms with van der Waals surface area (Å²) >= 11 is 12.1. The van der Waals surface area contributed by atoms with Crippen molar-refractivity contribution in [2.75, 3.05) is 6.54 Å². The van der Waals surface area contributed by atoms with Crippen molar-refractivity contribution in [2.24, 2.45) is 0 Å². The number of halogens is 2. The molecule has 4 heteroatoms. The van der Waals surface area contributed by atoms with Crippen LogP contribution in [0.2, 0.25) is 10.0 Å². The van der Waals surface area contributed by atoms with Crippen molar-refractivity contribution in [2.45, 2.75) is 26.3 Å². The summed E-state index contributed by atoms with van der Waals surface area (Å²) in [5.41, 5.74) is 0.666. The first-order chi connectivity index (χ1) is 8.13. The van der Waals surface area contributed by atoms with Crippen LogP contribution in [0.4, 0.5) is 0 Å². The van der Waals surface area contributed by atoms with E-state index >= 15 is 0 Å². The van der Waals surface area contributed by atoms with Crippen LogP contribution in [0.3, 0.4) is 0 Å². The van der Waals surface area contributed by atoms with E-state index < -0.39 is 0 Å². The predicted molar refractivity (Wildman–Crippen MR) is 72.9 cm³/mol. The molecule has 0 aliphatic rings. The summed E-state index contributed by atoms with van der Waals surface area (Å²) in [5.74, 6) is 0.887. The van der Waals surface area contributed by atoms with E-state index in [-0.39, 0.29) is 6.04 Å². The summed E-state index contributed by atoms with van der Waals surface area (Å²) in [6.07, 6.45) is 1.09. The fraction of sp³-hybridized carbons (Fsp3) is 0.385. The minimum absolute atomic E-state index is 0.178. The third-order valence-corrected chi connectivity index (χ3v) is 3.51. The SMILES string of the molecule is CCCNC(C)c1cc2ccc(Cl)c(Cl)c2o1. The zero-order chi connectivity index (χ0) is 12.4. The van der Waals surface area contributed by atoms with Gasteiger partial charge in [0.2, 0.25) is 0 Å². The van der Waals surface area contributed by atoms with E-state index in [2.05, 4.69) is 19.2 Å². The molecule has 0 aliphatic carbocycles. The van der Waals surface area contributed by atoms with Crippen LogP contribution in [0.15, 0.2) is 22.6 Å². The molecule has 0 amide bonds. The Kier molecular flexibility index (Phi) is 3.97. The van der Waals surface area contributed by atoms with Crippen molar-refractivity contribution >= 4 is 34.2 Å². The fourth-order valence-corrected chi connectivity index (χ4v) is 2.10. The highest BCUT2D eigenvalue weighted by Crippen LogP contribution is 2.34. The van der Waals surface area contributed by atoms with E-state index in [4.69, 9.17) is 27.6 Å². The van der Waals surface area contributed by atoms with Crippen molar-refractivity contribution in [1.29, 1.82) is 0 Å². The average molecular weight is 272 g/mol. The van der Waals surface area contributed by atoms with Gasteiger partial charge in [0.1, 0.15) is 10.8 Å². The molecule has 0 aliphatic heterocycles. The molecule has 0 bridgehead atoms. The summed E-state index contributed by atoms with van der Waals surface area (Å²) in [4.78, 5) is 0. The first kappa shape index (κ1) is 12.7. The maximum Gasteiger partial charge on any atom is 0.154 e. The minimum atomic E-state index is 0.178. The summed E-state index contributed by atoms with van der Waals surface area (Å²) in [6, 6.07) is 5.89. The lowest BCUT2D eigenvalue weighted by molar-refractivity contribution is 0.452. The van der Waals surface area contributed by atoms with Gasteiger partial charge in [0, 0.05) is 5.39 Å². The molecule has 1 aromatic carbocycles. The number of rotatable bonds is 4. The second-order valence-electron chi connectivity index (χ2n) is 4.10. The van der Waals surface area contributed by atoms with Crippen LogP contribution in [0.5, 0.6) is 0 Å². The van der Waals surface area contributed by atoms with Gasteiger partial charge < -0.3 is 9.73 Å². The summed E-state index contributed by atoms with van der Waals surface area (Å²) < 4.78 is 5.76. The number of nitrogens with one attached hydrogen (secondary N) is 1. The molecule has 2 nitrogen and oxygen atoms in total. The lowest BCUT2D eigenvalue weighted by Gasteiger charge is -2.09. The topological polar surface area (TPSA) is 25.2 Å². The van der Waals surface area contributed by atoms with E-state index in [1.807, 2.05) is 12.1 Å². The zero-order valence-corrected chi connectivity index (χ0v) is 11.4. The molecule has 0 spiro atoms. The van der Waals surface area contributed by atoms with Crippen LogP contribution >= 0.6 is 23.2 Å². The van der Waals surface area contributed by atoms with E-state index in [0.717, 1.165) is 24.1 Å². The Hall–Kier alpha value is -0.700. The first-order valence-electron chi connectivity index (χ1n) is 5.74.